The van der Waals surface area contributed by atoms with Gasteiger partial charge in [0.25, 0.3) is 0 Å². The van der Waals surface area contributed by atoms with E-state index in [1.165, 1.54) is 48.2 Å². The van der Waals surface area contributed by atoms with Crippen LogP contribution in [0.3, 0.4) is 0 Å². The summed E-state index contributed by atoms with van der Waals surface area (Å²) in [5.74, 6) is 0. The first-order valence-electron chi connectivity index (χ1n) is 7.87. The Bertz CT molecular complexity index is 399. The third-order valence-corrected chi connectivity index (χ3v) is 5.13. The highest BCUT2D eigenvalue weighted by atomic mass is 32.1. The van der Waals surface area contributed by atoms with Gasteiger partial charge in [-0.05, 0) is 38.9 Å². The second-order valence-corrected chi connectivity index (χ2v) is 6.53. The number of rotatable bonds is 8. The molecule has 2 heterocycles. The Morgan fingerprint density at radius 2 is 2.05 bits per heavy atom. The van der Waals surface area contributed by atoms with Gasteiger partial charge < -0.3 is 15.1 Å². The summed E-state index contributed by atoms with van der Waals surface area (Å²) in [7, 11) is 2.17. The predicted molar refractivity (Wildman–Crippen MR) is 87.8 cm³/mol. The van der Waals surface area contributed by atoms with E-state index in [0.717, 1.165) is 26.1 Å². The lowest BCUT2D eigenvalue weighted by Gasteiger charge is -2.20. The molecule has 20 heavy (non-hydrogen) atoms. The lowest BCUT2D eigenvalue weighted by atomic mass is 10.3. The Morgan fingerprint density at radius 1 is 1.30 bits per heavy atom. The molecular weight excluding hydrogens is 268 g/mol. The Balaban J connectivity index is 1.90. The van der Waals surface area contributed by atoms with Gasteiger partial charge >= 0.3 is 0 Å². The highest BCUT2D eigenvalue weighted by molar-refractivity contribution is 7.15. The maximum Gasteiger partial charge on any atom is 0.185 e. The Kier molecular flexibility index (Phi) is 6.26. The number of nitrogens with zero attached hydrogens (tertiary/aromatic N) is 3. The van der Waals surface area contributed by atoms with Gasteiger partial charge in [-0.3, -0.25) is 0 Å². The van der Waals surface area contributed by atoms with Gasteiger partial charge in [0.2, 0.25) is 0 Å². The molecule has 1 aliphatic rings. The maximum absolute atomic E-state index is 4.81. The number of likely N-dealkylation sites (N-methyl/N-ethyl adjacent to an activating group) is 1. The summed E-state index contributed by atoms with van der Waals surface area (Å²) in [5, 5.41) is 4.59. The number of thiazole rings is 1. The minimum Gasteiger partial charge on any atom is -0.350 e. The minimum atomic E-state index is 0.956. The van der Waals surface area contributed by atoms with E-state index in [1.807, 2.05) is 11.3 Å². The van der Waals surface area contributed by atoms with E-state index in [9.17, 15) is 0 Å². The van der Waals surface area contributed by atoms with Crippen molar-refractivity contribution in [2.24, 2.45) is 0 Å². The third-order valence-electron chi connectivity index (χ3n) is 3.91. The molecule has 2 rings (SSSR count). The van der Waals surface area contributed by atoms with Gasteiger partial charge in [-0.15, -0.1) is 11.3 Å². The molecule has 0 bridgehead atoms. The standard InChI is InChI=1S/C15H28N4S/c1-4-13-14(12-16-5-2)20-15(17-13)18(3)10-11-19-8-6-7-9-19/h16H,4-12H2,1-3H3. The molecule has 1 aliphatic heterocycles. The molecule has 0 amide bonds. The molecule has 0 spiro atoms. The number of hydrogen-bond donors (Lipinski definition) is 1. The molecular formula is C15H28N4S. The summed E-state index contributed by atoms with van der Waals surface area (Å²) < 4.78 is 0. The molecule has 0 atom stereocenters. The zero-order valence-corrected chi connectivity index (χ0v) is 13.9. The van der Waals surface area contributed by atoms with Crippen LogP contribution < -0.4 is 10.2 Å². The molecule has 114 valence electrons. The first-order valence-corrected chi connectivity index (χ1v) is 8.69. The molecule has 1 N–H and O–H groups in total. The number of likely N-dealkylation sites (tertiary alicyclic amines) is 1. The molecule has 0 aromatic carbocycles. The summed E-state index contributed by atoms with van der Waals surface area (Å²) >= 11 is 1.85. The van der Waals surface area contributed by atoms with Crippen molar-refractivity contribution in [1.82, 2.24) is 15.2 Å². The van der Waals surface area contributed by atoms with Crippen LogP contribution in [0.2, 0.25) is 0 Å². The van der Waals surface area contributed by atoms with E-state index in [2.05, 4.69) is 36.0 Å². The van der Waals surface area contributed by atoms with Gasteiger partial charge in [0.1, 0.15) is 0 Å². The van der Waals surface area contributed by atoms with Crippen LogP contribution in [0.5, 0.6) is 0 Å². The molecule has 0 aliphatic carbocycles. The Hall–Kier alpha value is -0.650. The quantitative estimate of drug-likeness (QED) is 0.798. The number of aryl methyl sites for hydroxylation is 1. The van der Waals surface area contributed by atoms with E-state index in [4.69, 9.17) is 4.98 Å². The van der Waals surface area contributed by atoms with Crippen LogP contribution in [0.1, 0.15) is 37.3 Å². The first kappa shape index (κ1) is 15.7. The van der Waals surface area contributed by atoms with E-state index in [0.29, 0.717) is 0 Å². The van der Waals surface area contributed by atoms with Crippen molar-refractivity contribution in [2.75, 3.05) is 44.7 Å². The summed E-state index contributed by atoms with van der Waals surface area (Å²) in [4.78, 5) is 11.1. The van der Waals surface area contributed by atoms with Crippen LogP contribution in [0, 0.1) is 0 Å². The predicted octanol–water partition coefficient (Wildman–Crippen LogP) is 2.35. The van der Waals surface area contributed by atoms with Crippen molar-refractivity contribution in [3.8, 4) is 0 Å². The molecule has 1 fully saturated rings. The van der Waals surface area contributed by atoms with Gasteiger partial charge in [0.15, 0.2) is 5.13 Å². The lowest BCUT2D eigenvalue weighted by molar-refractivity contribution is 0.346. The molecule has 0 saturated carbocycles. The minimum absolute atomic E-state index is 0.956. The first-order chi connectivity index (χ1) is 9.74. The van der Waals surface area contributed by atoms with Crippen molar-refractivity contribution in [1.29, 1.82) is 0 Å². The fourth-order valence-corrected chi connectivity index (χ4v) is 3.68. The Labute approximate surface area is 127 Å². The van der Waals surface area contributed by atoms with Crippen LogP contribution in [-0.2, 0) is 13.0 Å². The molecule has 5 heteroatoms. The van der Waals surface area contributed by atoms with E-state index in [-0.39, 0.29) is 0 Å². The van der Waals surface area contributed by atoms with Crippen molar-refractivity contribution >= 4 is 16.5 Å². The second kappa shape index (κ2) is 7.96. The number of hydrogen-bond acceptors (Lipinski definition) is 5. The van der Waals surface area contributed by atoms with E-state index in [1.54, 1.807) is 0 Å². The van der Waals surface area contributed by atoms with Crippen molar-refractivity contribution in [3.63, 3.8) is 0 Å². The van der Waals surface area contributed by atoms with Crippen LogP contribution in [0.25, 0.3) is 0 Å². The topological polar surface area (TPSA) is 31.4 Å². The number of nitrogens with one attached hydrogen (secondary N) is 1. The fraction of sp³-hybridized carbons (Fsp3) is 0.800. The summed E-state index contributed by atoms with van der Waals surface area (Å²) in [6, 6.07) is 0. The van der Waals surface area contributed by atoms with Gasteiger partial charge in [-0.1, -0.05) is 13.8 Å². The van der Waals surface area contributed by atoms with Crippen molar-refractivity contribution in [2.45, 2.75) is 39.7 Å². The molecule has 0 unspecified atom stereocenters. The number of anilines is 1. The van der Waals surface area contributed by atoms with Gasteiger partial charge in [-0.25, -0.2) is 4.98 Å². The summed E-state index contributed by atoms with van der Waals surface area (Å²) in [6.07, 6.45) is 3.76. The molecule has 0 radical (unpaired) electrons. The van der Waals surface area contributed by atoms with Gasteiger partial charge in [0, 0.05) is 31.6 Å². The average Bonchev–Trinajstić information content (AvgIpc) is 3.11. The van der Waals surface area contributed by atoms with Gasteiger partial charge in [0.05, 0.1) is 5.69 Å². The van der Waals surface area contributed by atoms with Gasteiger partial charge in [-0.2, -0.15) is 0 Å². The highest BCUT2D eigenvalue weighted by Crippen LogP contribution is 2.26. The van der Waals surface area contributed by atoms with Crippen LogP contribution in [0.4, 0.5) is 5.13 Å². The van der Waals surface area contributed by atoms with Crippen molar-refractivity contribution < 1.29 is 0 Å². The summed E-state index contributed by atoms with van der Waals surface area (Å²) in [6.45, 7) is 11.1. The SMILES string of the molecule is CCNCc1sc(N(C)CCN2CCCC2)nc1CC. The molecule has 1 saturated heterocycles. The number of aromatic nitrogens is 1. The fourth-order valence-electron chi connectivity index (χ4n) is 2.58. The monoisotopic (exact) mass is 296 g/mol. The van der Waals surface area contributed by atoms with Crippen molar-refractivity contribution in [3.05, 3.63) is 10.6 Å². The summed E-state index contributed by atoms with van der Waals surface area (Å²) in [5.41, 5.74) is 1.26. The average molecular weight is 296 g/mol. The lowest BCUT2D eigenvalue weighted by Crippen LogP contribution is -2.31. The molecule has 1 aromatic heterocycles. The zero-order chi connectivity index (χ0) is 14.4. The third kappa shape index (κ3) is 4.17. The van der Waals surface area contributed by atoms with Crippen LogP contribution in [-0.4, -0.2) is 49.7 Å². The molecule has 4 nitrogen and oxygen atoms in total. The largest absolute Gasteiger partial charge is 0.350 e. The smallest absolute Gasteiger partial charge is 0.185 e. The normalized spacial score (nSPS) is 15.9. The second-order valence-electron chi connectivity index (χ2n) is 5.47. The Morgan fingerprint density at radius 3 is 2.70 bits per heavy atom. The van der Waals surface area contributed by atoms with E-state index < -0.39 is 0 Å². The van der Waals surface area contributed by atoms with Crippen LogP contribution in [0.15, 0.2) is 0 Å². The maximum atomic E-state index is 4.81. The highest BCUT2D eigenvalue weighted by Gasteiger charge is 2.15. The molecule has 1 aromatic rings. The zero-order valence-electron chi connectivity index (χ0n) is 13.1. The van der Waals surface area contributed by atoms with Crippen LogP contribution >= 0.6 is 11.3 Å². The van der Waals surface area contributed by atoms with E-state index >= 15 is 0 Å².